The summed E-state index contributed by atoms with van der Waals surface area (Å²) in [5, 5.41) is 3.32. The molecule has 0 saturated carbocycles. The Morgan fingerprint density at radius 2 is 1.34 bits per heavy atom. The maximum atomic E-state index is 13.7. The van der Waals surface area contributed by atoms with E-state index in [1.165, 1.54) is 73.8 Å². The van der Waals surface area contributed by atoms with Gasteiger partial charge in [-0.3, -0.25) is 13.8 Å². The number of nitrogens with zero attached hydrogens (tertiary/aromatic N) is 1. The van der Waals surface area contributed by atoms with Crippen molar-refractivity contribution in [1.29, 1.82) is 0 Å². The highest BCUT2D eigenvalue weighted by molar-refractivity contribution is 7.93. The summed E-state index contributed by atoms with van der Waals surface area (Å²) in [6, 6.07) is 22.2. The molecule has 0 aliphatic rings. The van der Waals surface area contributed by atoms with Crippen molar-refractivity contribution in [2.24, 2.45) is 0 Å². The van der Waals surface area contributed by atoms with Gasteiger partial charge in [-0.1, -0.05) is 40.9 Å². The van der Waals surface area contributed by atoms with Gasteiger partial charge in [-0.15, -0.1) is 0 Å². The highest BCUT2D eigenvalue weighted by atomic mass is 35.5. The number of anilines is 3. The van der Waals surface area contributed by atoms with Crippen LogP contribution in [0.3, 0.4) is 0 Å². The molecular formula is C28H25Cl2N3O6S2. The molecule has 41 heavy (non-hydrogen) atoms. The smallest absolute Gasteiger partial charge is 0.264 e. The van der Waals surface area contributed by atoms with Crippen molar-refractivity contribution >= 4 is 66.2 Å². The minimum Gasteiger partial charge on any atom is -0.495 e. The summed E-state index contributed by atoms with van der Waals surface area (Å²) < 4.78 is 61.6. The number of benzene rings is 4. The summed E-state index contributed by atoms with van der Waals surface area (Å²) >= 11 is 12.0. The van der Waals surface area contributed by atoms with E-state index in [1.54, 1.807) is 24.3 Å². The predicted octanol–water partition coefficient (Wildman–Crippen LogP) is 5.95. The molecule has 1 amide bonds. The molecule has 4 rings (SSSR count). The average molecular weight is 635 g/mol. The highest BCUT2D eigenvalue weighted by Crippen LogP contribution is 2.35. The lowest BCUT2D eigenvalue weighted by Crippen LogP contribution is -2.38. The quantitative estimate of drug-likeness (QED) is 0.223. The van der Waals surface area contributed by atoms with Gasteiger partial charge >= 0.3 is 0 Å². The number of hydrogen-bond acceptors (Lipinski definition) is 6. The number of carbonyl (C=O) groups excluding carboxylic acids is 1. The first-order chi connectivity index (χ1) is 19.4. The van der Waals surface area contributed by atoms with Crippen LogP contribution >= 0.6 is 23.2 Å². The fourth-order valence-electron chi connectivity index (χ4n) is 3.78. The zero-order chi connectivity index (χ0) is 29.8. The van der Waals surface area contributed by atoms with E-state index in [0.717, 1.165) is 9.87 Å². The number of sulfonamides is 2. The molecule has 0 fully saturated rings. The van der Waals surface area contributed by atoms with Gasteiger partial charge in [-0.25, -0.2) is 16.8 Å². The van der Waals surface area contributed by atoms with Gasteiger partial charge < -0.3 is 10.1 Å². The molecule has 0 aliphatic heterocycles. The SMILES string of the molecule is COc1ccc(Cl)cc1N(CC(=O)Nc1ccc(S(=O)(=O)Nc2ccc(Cl)cc2)cc1)S(=O)(=O)c1ccc(C)cc1. The van der Waals surface area contributed by atoms with Crippen LogP contribution in [-0.4, -0.2) is 36.4 Å². The Balaban J connectivity index is 1.58. The van der Waals surface area contributed by atoms with Gasteiger partial charge in [0.1, 0.15) is 12.3 Å². The first kappa shape index (κ1) is 30.2. The lowest BCUT2D eigenvalue weighted by molar-refractivity contribution is -0.114. The largest absolute Gasteiger partial charge is 0.495 e. The summed E-state index contributed by atoms with van der Waals surface area (Å²) in [7, 11) is -6.76. The Morgan fingerprint density at radius 3 is 1.95 bits per heavy atom. The molecule has 4 aromatic rings. The van der Waals surface area contributed by atoms with Gasteiger partial charge in [0.25, 0.3) is 20.0 Å². The molecule has 0 saturated heterocycles. The van der Waals surface area contributed by atoms with E-state index in [-0.39, 0.29) is 31.9 Å². The van der Waals surface area contributed by atoms with Crippen LogP contribution in [0.15, 0.2) is 101 Å². The van der Waals surface area contributed by atoms with Crippen molar-refractivity contribution in [1.82, 2.24) is 0 Å². The number of methoxy groups -OCH3 is 1. The number of amides is 1. The Bertz CT molecular complexity index is 1760. The van der Waals surface area contributed by atoms with Gasteiger partial charge in [0.2, 0.25) is 5.91 Å². The number of carbonyl (C=O) groups is 1. The van der Waals surface area contributed by atoms with Gasteiger partial charge in [0.05, 0.1) is 22.6 Å². The highest BCUT2D eigenvalue weighted by Gasteiger charge is 2.30. The third-order valence-electron chi connectivity index (χ3n) is 5.85. The lowest BCUT2D eigenvalue weighted by atomic mass is 10.2. The van der Waals surface area contributed by atoms with Crippen LogP contribution in [0.4, 0.5) is 17.1 Å². The van der Waals surface area contributed by atoms with Crippen molar-refractivity contribution in [3.05, 3.63) is 107 Å². The standard InChI is InChI=1S/C28H25Cl2N3O6S2/c1-19-3-12-25(13-4-19)41(37,38)33(26-17-21(30)7-16-27(26)39-2)18-28(34)31-22-10-14-24(15-11-22)40(35,36)32-23-8-5-20(29)6-9-23/h3-17,32H,18H2,1-2H3,(H,31,34). The van der Waals surface area contributed by atoms with Crippen molar-refractivity contribution in [3.8, 4) is 5.75 Å². The third kappa shape index (κ3) is 7.31. The predicted molar refractivity (Wildman–Crippen MR) is 161 cm³/mol. The van der Waals surface area contributed by atoms with Gasteiger partial charge in [0, 0.05) is 21.4 Å². The Morgan fingerprint density at radius 1 is 0.780 bits per heavy atom. The van der Waals surface area contributed by atoms with Crippen molar-refractivity contribution < 1.29 is 26.4 Å². The Kier molecular flexibility index (Phi) is 9.13. The second kappa shape index (κ2) is 12.4. The van der Waals surface area contributed by atoms with E-state index < -0.39 is 32.5 Å². The summed E-state index contributed by atoms with van der Waals surface area (Å²) in [6.45, 7) is 1.21. The fraction of sp³-hybridized carbons (Fsp3) is 0.107. The van der Waals surface area contributed by atoms with Crippen molar-refractivity contribution in [2.45, 2.75) is 16.7 Å². The van der Waals surface area contributed by atoms with Crippen molar-refractivity contribution in [2.75, 3.05) is 28.0 Å². The summed E-state index contributed by atoms with van der Waals surface area (Å²) in [4.78, 5) is 13.1. The van der Waals surface area contributed by atoms with Gasteiger partial charge in [0.15, 0.2) is 0 Å². The molecule has 214 valence electrons. The van der Waals surface area contributed by atoms with Gasteiger partial charge in [-0.05, 0) is 85.8 Å². The van der Waals surface area contributed by atoms with E-state index >= 15 is 0 Å². The summed E-state index contributed by atoms with van der Waals surface area (Å²) in [6.07, 6.45) is 0. The average Bonchev–Trinajstić information content (AvgIpc) is 2.93. The number of hydrogen-bond donors (Lipinski definition) is 2. The number of halogens is 2. The van der Waals surface area contributed by atoms with E-state index in [4.69, 9.17) is 27.9 Å². The van der Waals surface area contributed by atoms with Crippen LogP contribution < -0.4 is 19.1 Å². The lowest BCUT2D eigenvalue weighted by Gasteiger charge is -2.26. The molecule has 2 N–H and O–H groups in total. The van der Waals surface area contributed by atoms with Gasteiger partial charge in [-0.2, -0.15) is 0 Å². The zero-order valence-electron chi connectivity index (χ0n) is 21.8. The number of ether oxygens (including phenoxy) is 1. The molecule has 0 radical (unpaired) electrons. The van der Waals surface area contributed by atoms with E-state index in [0.29, 0.717) is 10.7 Å². The molecule has 0 unspecified atom stereocenters. The second-order valence-corrected chi connectivity index (χ2v) is 13.2. The first-order valence-electron chi connectivity index (χ1n) is 12.0. The van der Waals surface area contributed by atoms with E-state index in [1.807, 2.05) is 6.92 Å². The molecule has 4 aromatic carbocycles. The number of aryl methyl sites for hydroxylation is 1. The van der Waals surface area contributed by atoms with Crippen LogP contribution in [0.1, 0.15) is 5.56 Å². The molecular weight excluding hydrogens is 609 g/mol. The maximum absolute atomic E-state index is 13.7. The number of rotatable bonds is 10. The van der Waals surface area contributed by atoms with Crippen LogP contribution in [-0.2, 0) is 24.8 Å². The molecule has 9 nitrogen and oxygen atoms in total. The monoisotopic (exact) mass is 633 g/mol. The first-order valence-corrected chi connectivity index (χ1v) is 15.7. The number of nitrogens with one attached hydrogen (secondary N) is 2. The molecule has 0 atom stereocenters. The topological polar surface area (TPSA) is 122 Å². The molecule has 0 spiro atoms. The molecule has 13 heteroatoms. The molecule has 0 aromatic heterocycles. The van der Waals surface area contributed by atoms with Crippen LogP contribution in [0, 0.1) is 6.92 Å². The fourth-order valence-corrected chi connectivity index (χ4v) is 6.55. The van der Waals surface area contributed by atoms with E-state index in [9.17, 15) is 21.6 Å². The van der Waals surface area contributed by atoms with Crippen LogP contribution in [0.25, 0.3) is 0 Å². The van der Waals surface area contributed by atoms with Crippen LogP contribution in [0.2, 0.25) is 10.0 Å². The molecule has 0 heterocycles. The van der Waals surface area contributed by atoms with Crippen LogP contribution in [0.5, 0.6) is 5.75 Å². The van der Waals surface area contributed by atoms with E-state index in [2.05, 4.69) is 10.0 Å². The second-order valence-electron chi connectivity index (χ2n) is 8.83. The van der Waals surface area contributed by atoms with Crippen molar-refractivity contribution in [3.63, 3.8) is 0 Å². The summed E-state index contributed by atoms with van der Waals surface area (Å²) in [5.41, 5.74) is 1.53. The normalized spacial score (nSPS) is 11.5. The zero-order valence-corrected chi connectivity index (χ0v) is 25.0. The third-order valence-corrected chi connectivity index (χ3v) is 9.51. The Labute approximate surface area is 248 Å². The maximum Gasteiger partial charge on any atom is 0.264 e. The molecule has 0 aliphatic carbocycles. The minimum atomic E-state index is -4.23. The summed E-state index contributed by atoms with van der Waals surface area (Å²) in [5.74, 6) is -0.488. The molecule has 0 bridgehead atoms. The minimum absolute atomic E-state index is 0.0272. The Hall–Kier alpha value is -3.77.